The molecule has 2 atom stereocenters. The van der Waals surface area contributed by atoms with Gasteiger partial charge in [0, 0.05) is 6.54 Å². The zero-order chi connectivity index (χ0) is 18.9. The van der Waals surface area contributed by atoms with Crippen molar-refractivity contribution >= 4 is 17.7 Å². The van der Waals surface area contributed by atoms with Gasteiger partial charge >= 0.3 is 6.09 Å². The molecule has 1 aliphatic rings. The smallest absolute Gasteiger partial charge is 0.408 e. The van der Waals surface area contributed by atoms with Gasteiger partial charge in [-0.3, -0.25) is 4.79 Å². The molecule has 0 aromatic heterocycles. The summed E-state index contributed by atoms with van der Waals surface area (Å²) in [6, 6.07) is 1.07. The van der Waals surface area contributed by atoms with Gasteiger partial charge in [0.1, 0.15) is 29.0 Å². The van der Waals surface area contributed by atoms with Crippen LogP contribution < -0.4 is 10.2 Å². The van der Waals surface area contributed by atoms with Crippen LogP contribution in [0.15, 0.2) is 12.1 Å². The third-order valence-corrected chi connectivity index (χ3v) is 3.69. The van der Waals surface area contributed by atoms with Crippen molar-refractivity contribution in [2.24, 2.45) is 0 Å². The normalized spacial score (nSPS) is 19.1. The molecule has 1 aliphatic heterocycles. The first-order valence-electron chi connectivity index (χ1n) is 7.97. The molecule has 2 amide bonds. The number of rotatable bonds is 3. The average molecular weight is 356 g/mol. The summed E-state index contributed by atoms with van der Waals surface area (Å²) < 4.78 is 33.6. The summed E-state index contributed by atoms with van der Waals surface area (Å²) in [4.78, 5) is 25.1. The highest BCUT2D eigenvalue weighted by atomic mass is 19.1. The predicted octanol–water partition coefficient (Wildman–Crippen LogP) is 2.65. The zero-order valence-electron chi connectivity index (χ0n) is 14.6. The van der Waals surface area contributed by atoms with Crippen LogP contribution in [-0.4, -0.2) is 35.3 Å². The Morgan fingerprint density at radius 3 is 2.40 bits per heavy atom. The lowest BCUT2D eigenvalue weighted by molar-refractivity contribution is -0.118. The van der Waals surface area contributed by atoms with Crippen LogP contribution in [0.3, 0.4) is 0 Å². The maximum absolute atomic E-state index is 14.3. The molecule has 1 fully saturated rings. The number of amides is 2. The molecule has 2 unspecified atom stereocenters. The van der Waals surface area contributed by atoms with Gasteiger partial charge in [0.15, 0.2) is 0 Å². The topological polar surface area (TPSA) is 78.9 Å². The molecule has 0 aliphatic carbocycles. The fourth-order valence-corrected chi connectivity index (χ4v) is 2.57. The van der Waals surface area contributed by atoms with E-state index in [1.807, 2.05) is 0 Å². The molecule has 0 radical (unpaired) electrons. The van der Waals surface area contributed by atoms with Gasteiger partial charge in [-0.15, -0.1) is 0 Å². The van der Waals surface area contributed by atoms with Crippen molar-refractivity contribution in [3.05, 3.63) is 29.3 Å². The van der Waals surface area contributed by atoms with Gasteiger partial charge in [0.05, 0.1) is 6.10 Å². The first-order valence-corrected chi connectivity index (χ1v) is 7.97. The number of hydrogen-bond donors (Lipinski definition) is 2. The lowest BCUT2D eigenvalue weighted by Crippen LogP contribution is -2.44. The van der Waals surface area contributed by atoms with Crippen molar-refractivity contribution in [2.45, 2.75) is 51.9 Å². The summed E-state index contributed by atoms with van der Waals surface area (Å²) in [5.41, 5.74) is -1.13. The molecule has 25 heavy (non-hydrogen) atoms. The van der Waals surface area contributed by atoms with Crippen LogP contribution in [0.2, 0.25) is 0 Å². The summed E-state index contributed by atoms with van der Waals surface area (Å²) in [6.07, 6.45) is -1.60. The first-order chi connectivity index (χ1) is 11.5. The molecule has 1 aromatic rings. The number of carbonyl (C=O) groups is 2. The number of aliphatic hydroxyl groups is 1. The van der Waals surface area contributed by atoms with Crippen molar-refractivity contribution in [3.8, 4) is 0 Å². The number of alkyl carbamates (subject to hydrolysis) is 1. The average Bonchev–Trinajstić information content (AvgIpc) is 2.77. The standard InChI is InChI=1S/C17H22F2N2O4/c1-9(22)10-7-11(18)14(12(19)8-10)21-6-5-13(15(21)23)20-16(24)25-17(2,3)4/h7-9,13,22H,5-6H2,1-4H3,(H,20,24). The van der Waals surface area contributed by atoms with E-state index in [2.05, 4.69) is 5.32 Å². The first kappa shape index (κ1) is 19.1. The quantitative estimate of drug-likeness (QED) is 0.873. The van der Waals surface area contributed by atoms with E-state index >= 15 is 0 Å². The Bertz CT molecular complexity index is 663. The molecule has 6 nitrogen and oxygen atoms in total. The largest absolute Gasteiger partial charge is 0.444 e. The number of halogens is 2. The van der Waals surface area contributed by atoms with E-state index in [9.17, 15) is 23.5 Å². The van der Waals surface area contributed by atoms with Gasteiger partial charge in [-0.1, -0.05) is 0 Å². The van der Waals surface area contributed by atoms with Gasteiger partial charge in [-0.25, -0.2) is 13.6 Å². The summed E-state index contributed by atoms with van der Waals surface area (Å²) in [5, 5.41) is 11.9. The Hall–Kier alpha value is -2.22. The number of hydrogen-bond acceptors (Lipinski definition) is 4. The highest BCUT2D eigenvalue weighted by molar-refractivity contribution is 6.01. The Balaban J connectivity index is 2.16. The lowest BCUT2D eigenvalue weighted by Gasteiger charge is -2.22. The lowest BCUT2D eigenvalue weighted by atomic mass is 10.1. The van der Waals surface area contributed by atoms with Crippen LogP contribution in [0.4, 0.5) is 19.3 Å². The molecule has 1 heterocycles. The van der Waals surface area contributed by atoms with Crippen molar-refractivity contribution in [3.63, 3.8) is 0 Å². The Kier molecular flexibility index (Phi) is 5.31. The van der Waals surface area contributed by atoms with E-state index in [4.69, 9.17) is 4.74 Å². The monoisotopic (exact) mass is 356 g/mol. The van der Waals surface area contributed by atoms with Crippen molar-refractivity contribution < 1.29 is 28.2 Å². The second-order valence-electron chi connectivity index (χ2n) is 6.99. The van der Waals surface area contributed by atoms with E-state index in [0.717, 1.165) is 17.0 Å². The maximum atomic E-state index is 14.3. The summed E-state index contributed by atoms with van der Waals surface area (Å²) in [5.74, 6) is -2.50. The Morgan fingerprint density at radius 2 is 1.92 bits per heavy atom. The molecule has 1 saturated heterocycles. The van der Waals surface area contributed by atoms with Gasteiger partial charge < -0.3 is 20.1 Å². The van der Waals surface area contributed by atoms with E-state index in [-0.39, 0.29) is 18.5 Å². The van der Waals surface area contributed by atoms with Crippen LogP contribution in [0.25, 0.3) is 0 Å². The van der Waals surface area contributed by atoms with Crippen molar-refractivity contribution in [1.29, 1.82) is 0 Å². The molecule has 2 N–H and O–H groups in total. The second kappa shape index (κ2) is 6.95. The number of carbonyl (C=O) groups excluding carboxylic acids is 2. The molecule has 0 bridgehead atoms. The minimum Gasteiger partial charge on any atom is -0.444 e. The summed E-state index contributed by atoms with van der Waals surface area (Å²) in [6.45, 7) is 6.49. The predicted molar refractivity (Wildman–Crippen MR) is 87.1 cm³/mol. The Labute approximate surface area is 144 Å². The molecule has 0 saturated carbocycles. The SMILES string of the molecule is CC(O)c1cc(F)c(N2CCC(NC(=O)OC(C)(C)C)C2=O)c(F)c1. The number of nitrogens with one attached hydrogen (secondary N) is 1. The van der Waals surface area contributed by atoms with Crippen LogP contribution in [0.5, 0.6) is 0 Å². The number of benzene rings is 1. The Morgan fingerprint density at radius 1 is 1.36 bits per heavy atom. The van der Waals surface area contributed by atoms with Crippen LogP contribution in [0.1, 0.15) is 45.8 Å². The minimum atomic E-state index is -1.03. The highest BCUT2D eigenvalue weighted by Gasteiger charge is 2.37. The van der Waals surface area contributed by atoms with E-state index in [0.29, 0.717) is 0 Å². The third-order valence-electron chi connectivity index (χ3n) is 3.69. The number of anilines is 1. The minimum absolute atomic E-state index is 0.0567. The molecule has 8 heteroatoms. The number of ether oxygens (including phenoxy) is 1. The maximum Gasteiger partial charge on any atom is 0.408 e. The fraction of sp³-hybridized carbons (Fsp3) is 0.529. The molecule has 0 spiro atoms. The molecular weight excluding hydrogens is 334 g/mol. The van der Waals surface area contributed by atoms with Gasteiger partial charge in [0.25, 0.3) is 0 Å². The molecule has 1 aromatic carbocycles. The van der Waals surface area contributed by atoms with E-state index in [1.165, 1.54) is 6.92 Å². The van der Waals surface area contributed by atoms with E-state index < -0.39 is 47.1 Å². The van der Waals surface area contributed by atoms with Crippen molar-refractivity contribution in [1.82, 2.24) is 5.32 Å². The highest BCUT2D eigenvalue weighted by Crippen LogP contribution is 2.30. The van der Waals surface area contributed by atoms with Gasteiger partial charge in [-0.2, -0.15) is 0 Å². The van der Waals surface area contributed by atoms with Gasteiger partial charge in [0.2, 0.25) is 5.91 Å². The third kappa shape index (κ3) is 4.45. The fourth-order valence-electron chi connectivity index (χ4n) is 2.57. The number of nitrogens with zero attached hydrogens (tertiary/aromatic N) is 1. The van der Waals surface area contributed by atoms with E-state index in [1.54, 1.807) is 20.8 Å². The van der Waals surface area contributed by atoms with Crippen LogP contribution in [-0.2, 0) is 9.53 Å². The molecule has 138 valence electrons. The van der Waals surface area contributed by atoms with Crippen molar-refractivity contribution in [2.75, 3.05) is 11.4 Å². The molecular formula is C17H22F2N2O4. The van der Waals surface area contributed by atoms with Crippen LogP contribution >= 0.6 is 0 Å². The second-order valence-corrected chi connectivity index (χ2v) is 6.99. The molecule has 2 rings (SSSR count). The summed E-state index contributed by atoms with van der Waals surface area (Å²) >= 11 is 0. The van der Waals surface area contributed by atoms with Crippen LogP contribution in [0, 0.1) is 11.6 Å². The zero-order valence-corrected chi connectivity index (χ0v) is 14.6. The number of aliphatic hydroxyl groups excluding tert-OH is 1. The van der Waals surface area contributed by atoms with Gasteiger partial charge in [-0.05, 0) is 51.8 Å². The summed E-state index contributed by atoms with van der Waals surface area (Å²) in [7, 11) is 0.